The van der Waals surface area contributed by atoms with Gasteiger partial charge in [0.25, 0.3) is 5.91 Å². The minimum atomic E-state index is -0.342. The zero-order chi connectivity index (χ0) is 13.7. The molecule has 1 heterocycles. The van der Waals surface area contributed by atoms with E-state index in [1.807, 2.05) is 30.3 Å². The van der Waals surface area contributed by atoms with E-state index in [4.69, 9.17) is 11.6 Å². The van der Waals surface area contributed by atoms with Gasteiger partial charge in [-0.2, -0.15) is 0 Å². The molecule has 98 valence electrons. The Morgan fingerprint density at radius 3 is 2.53 bits per heavy atom. The third-order valence-corrected chi connectivity index (χ3v) is 3.53. The molecule has 0 saturated heterocycles. The number of carbonyl (C=O) groups excluding carboxylic acids is 1. The predicted molar refractivity (Wildman–Crippen MR) is 76.3 cm³/mol. The van der Waals surface area contributed by atoms with Gasteiger partial charge in [-0.3, -0.25) is 15.2 Å². The molecule has 0 fully saturated rings. The molecule has 5 nitrogen and oxygen atoms in total. The Balaban J connectivity index is 1.96. The number of nitrogens with one attached hydrogen (secondary N) is 1. The molecule has 1 amide bonds. The lowest BCUT2D eigenvalue weighted by molar-refractivity contribution is 0.0953. The van der Waals surface area contributed by atoms with Crippen LogP contribution in [0.5, 0.6) is 0 Å². The van der Waals surface area contributed by atoms with Gasteiger partial charge in [0.2, 0.25) is 0 Å². The molecule has 0 atom stereocenters. The van der Waals surface area contributed by atoms with Crippen molar-refractivity contribution in [3.63, 3.8) is 0 Å². The maximum Gasteiger partial charge on any atom is 0.266 e. The molecular weight excluding hydrogens is 260 g/mol. The third-order valence-electron chi connectivity index (χ3n) is 2.48. The number of amides is 1. The van der Waals surface area contributed by atoms with E-state index in [9.17, 15) is 4.79 Å². The first-order valence-corrected chi connectivity index (χ1v) is 6.62. The zero-order valence-corrected chi connectivity index (χ0v) is 11.0. The molecular formula is C13H14N4OS. The lowest BCUT2D eigenvalue weighted by Crippen LogP contribution is -2.30. The van der Waals surface area contributed by atoms with E-state index in [1.165, 1.54) is 6.20 Å². The van der Waals surface area contributed by atoms with Crippen LogP contribution in [0.25, 0.3) is 0 Å². The highest BCUT2D eigenvalue weighted by molar-refractivity contribution is 7.98. The largest absolute Gasteiger partial charge is 0.399 e. The number of nitrogen functional groups attached to an aromatic ring is 2. The number of aromatic nitrogens is 1. The van der Waals surface area contributed by atoms with E-state index in [-0.39, 0.29) is 5.91 Å². The molecule has 0 aliphatic heterocycles. The number of anilines is 1. The highest BCUT2D eigenvalue weighted by Crippen LogP contribution is 2.22. The summed E-state index contributed by atoms with van der Waals surface area (Å²) in [6.45, 7) is 0. The maximum atomic E-state index is 11.2. The van der Waals surface area contributed by atoms with Gasteiger partial charge in [-0.15, -0.1) is 11.8 Å². The number of carbonyl (C=O) groups is 1. The molecule has 1 aromatic heterocycles. The number of pyridine rings is 1. The van der Waals surface area contributed by atoms with E-state index in [0.717, 1.165) is 22.0 Å². The van der Waals surface area contributed by atoms with Gasteiger partial charge in [-0.05, 0) is 36.4 Å². The van der Waals surface area contributed by atoms with Crippen LogP contribution in [0, 0.1) is 0 Å². The van der Waals surface area contributed by atoms with Crippen molar-refractivity contribution in [1.82, 2.24) is 10.4 Å². The number of thioether (sulfide) groups is 1. The van der Waals surface area contributed by atoms with Crippen LogP contribution >= 0.6 is 11.8 Å². The molecule has 0 saturated carbocycles. The van der Waals surface area contributed by atoms with Crippen molar-refractivity contribution in [1.29, 1.82) is 0 Å². The second-order valence-electron chi connectivity index (χ2n) is 3.87. The highest BCUT2D eigenvalue weighted by Gasteiger charge is 2.04. The van der Waals surface area contributed by atoms with Crippen LogP contribution in [0.4, 0.5) is 5.69 Å². The van der Waals surface area contributed by atoms with E-state index in [1.54, 1.807) is 17.8 Å². The molecule has 5 N–H and O–H groups in total. The number of rotatable bonds is 4. The number of hydrazine groups is 1. The van der Waals surface area contributed by atoms with Gasteiger partial charge in [0.05, 0.1) is 11.3 Å². The summed E-state index contributed by atoms with van der Waals surface area (Å²) in [6, 6.07) is 11.2. The lowest BCUT2D eigenvalue weighted by Gasteiger charge is -2.03. The fourth-order valence-electron chi connectivity index (χ4n) is 1.45. The van der Waals surface area contributed by atoms with Crippen molar-refractivity contribution in [2.45, 2.75) is 10.6 Å². The van der Waals surface area contributed by atoms with Gasteiger partial charge in [-0.25, -0.2) is 5.84 Å². The van der Waals surface area contributed by atoms with Crippen LogP contribution in [0.2, 0.25) is 0 Å². The topological polar surface area (TPSA) is 94.0 Å². The van der Waals surface area contributed by atoms with Crippen molar-refractivity contribution >= 4 is 23.4 Å². The Bertz CT molecular complexity index is 554. The number of hydrogen-bond acceptors (Lipinski definition) is 5. The first-order chi connectivity index (χ1) is 9.19. The molecule has 0 spiro atoms. The van der Waals surface area contributed by atoms with E-state index >= 15 is 0 Å². The Morgan fingerprint density at radius 1 is 1.21 bits per heavy atom. The minimum Gasteiger partial charge on any atom is -0.399 e. The van der Waals surface area contributed by atoms with Crippen LogP contribution in [-0.2, 0) is 5.75 Å². The fourth-order valence-corrected chi connectivity index (χ4v) is 2.26. The first-order valence-electron chi connectivity index (χ1n) is 5.63. The van der Waals surface area contributed by atoms with Crippen LogP contribution in [0.3, 0.4) is 0 Å². The first kappa shape index (κ1) is 13.4. The van der Waals surface area contributed by atoms with Crippen LogP contribution in [-0.4, -0.2) is 10.9 Å². The summed E-state index contributed by atoms with van der Waals surface area (Å²) in [5, 5.41) is 0. The average Bonchev–Trinajstić information content (AvgIpc) is 2.46. The quantitative estimate of drug-likeness (QED) is 0.258. The normalized spacial score (nSPS) is 10.2. The van der Waals surface area contributed by atoms with Gasteiger partial charge >= 0.3 is 0 Å². The Labute approximate surface area is 115 Å². The van der Waals surface area contributed by atoms with Crippen LogP contribution in [0.1, 0.15) is 16.1 Å². The molecule has 6 heteroatoms. The Kier molecular flexibility index (Phi) is 4.38. The number of nitrogens with two attached hydrogens (primary N) is 2. The predicted octanol–water partition coefficient (Wildman–Crippen LogP) is 1.56. The molecule has 0 radical (unpaired) electrons. The third kappa shape index (κ3) is 3.70. The fraction of sp³-hybridized carbons (Fsp3) is 0.0769. The minimum absolute atomic E-state index is 0.342. The SMILES string of the molecule is NNC(=O)c1ccc(CSc2ccc(N)cc2)nc1. The summed E-state index contributed by atoms with van der Waals surface area (Å²) in [4.78, 5) is 16.6. The molecule has 0 unspecified atom stereocenters. The van der Waals surface area contributed by atoms with Gasteiger partial charge in [0.15, 0.2) is 0 Å². The van der Waals surface area contributed by atoms with Gasteiger partial charge in [-0.1, -0.05) is 0 Å². The van der Waals surface area contributed by atoms with Crippen molar-refractivity contribution < 1.29 is 4.79 Å². The standard InChI is InChI=1S/C13H14N4OS/c14-10-2-5-12(6-3-10)19-8-11-4-1-9(7-16-11)13(18)17-15/h1-7H,8,14-15H2,(H,17,18). The zero-order valence-electron chi connectivity index (χ0n) is 10.2. The van der Waals surface area contributed by atoms with E-state index in [0.29, 0.717) is 5.56 Å². The lowest BCUT2D eigenvalue weighted by atomic mass is 10.2. The molecule has 1 aromatic carbocycles. The van der Waals surface area contributed by atoms with Crippen molar-refractivity contribution in [3.8, 4) is 0 Å². The summed E-state index contributed by atoms with van der Waals surface area (Å²) in [7, 11) is 0. The van der Waals surface area contributed by atoms with Gasteiger partial charge < -0.3 is 5.73 Å². The van der Waals surface area contributed by atoms with E-state index < -0.39 is 0 Å². The molecule has 2 aromatic rings. The van der Waals surface area contributed by atoms with Crippen molar-refractivity contribution in [3.05, 3.63) is 53.9 Å². The summed E-state index contributed by atoms with van der Waals surface area (Å²) in [5.41, 5.74) is 9.79. The highest BCUT2D eigenvalue weighted by atomic mass is 32.2. The average molecular weight is 274 g/mol. The summed E-state index contributed by atoms with van der Waals surface area (Å²) >= 11 is 1.66. The van der Waals surface area contributed by atoms with Crippen LogP contribution < -0.4 is 17.0 Å². The van der Waals surface area contributed by atoms with Gasteiger partial charge in [0.1, 0.15) is 0 Å². The van der Waals surface area contributed by atoms with Crippen molar-refractivity contribution in [2.24, 2.45) is 5.84 Å². The van der Waals surface area contributed by atoms with E-state index in [2.05, 4.69) is 10.4 Å². The number of nitrogens with zero attached hydrogens (tertiary/aromatic N) is 1. The monoisotopic (exact) mass is 274 g/mol. The Hall–Kier alpha value is -2.05. The molecule has 0 aliphatic rings. The molecule has 0 bridgehead atoms. The Morgan fingerprint density at radius 2 is 1.95 bits per heavy atom. The maximum absolute atomic E-state index is 11.2. The second kappa shape index (κ2) is 6.21. The van der Waals surface area contributed by atoms with Crippen molar-refractivity contribution in [2.75, 3.05) is 5.73 Å². The summed E-state index contributed by atoms with van der Waals surface area (Å²) < 4.78 is 0. The summed E-state index contributed by atoms with van der Waals surface area (Å²) in [5.74, 6) is 5.44. The molecule has 0 aliphatic carbocycles. The second-order valence-corrected chi connectivity index (χ2v) is 4.92. The molecule has 2 rings (SSSR count). The number of hydrogen-bond donors (Lipinski definition) is 3. The number of benzene rings is 1. The van der Waals surface area contributed by atoms with Crippen LogP contribution in [0.15, 0.2) is 47.5 Å². The van der Waals surface area contributed by atoms with Gasteiger partial charge in [0, 0.05) is 22.5 Å². The molecule has 19 heavy (non-hydrogen) atoms. The summed E-state index contributed by atoms with van der Waals surface area (Å²) in [6.07, 6.45) is 1.51. The smallest absolute Gasteiger partial charge is 0.266 e.